The van der Waals surface area contributed by atoms with E-state index in [0.717, 1.165) is 11.1 Å². The Morgan fingerprint density at radius 1 is 1.45 bits per heavy atom. The van der Waals surface area contributed by atoms with Crippen molar-refractivity contribution in [2.45, 2.75) is 44.6 Å². The molecule has 2 aliphatic carbocycles. The Kier molecular flexibility index (Phi) is 3.03. The average molecular weight is 327 g/mol. The molecule has 1 amide bonds. The zero-order valence-electron chi connectivity index (χ0n) is 12.2. The van der Waals surface area contributed by atoms with Crippen LogP contribution in [0, 0.1) is 11.3 Å². The number of carbonyl (C=O) groups excluding carboxylic acids is 1. The van der Waals surface area contributed by atoms with Crippen molar-refractivity contribution in [1.82, 2.24) is 9.88 Å². The first-order valence-electron chi connectivity index (χ1n) is 7.70. The van der Waals surface area contributed by atoms with Gasteiger partial charge in [-0.3, -0.25) is 9.78 Å². The van der Waals surface area contributed by atoms with E-state index in [4.69, 9.17) is 11.6 Å². The number of amides is 1. The molecule has 1 saturated carbocycles. The lowest BCUT2D eigenvalue weighted by Gasteiger charge is -2.46. The molecule has 0 N–H and O–H groups in total. The lowest BCUT2D eigenvalue weighted by molar-refractivity contribution is -0.163. The minimum Gasteiger partial charge on any atom is -0.334 e. The fourth-order valence-corrected chi connectivity index (χ4v) is 4.67. The summed E-state index contributed by atoms with van der Waals surface area (Å²) in [6.07, 6.45) is 2.05. The van der Waals surface area contributed by atoms with E-state index in [1.54, 1.807) is 17.3 Å². The van der Waals surface area contributed by atoms with Crippen LogP contribution in [0.3, 0.4) is 0 Å². The van der Waals surface area contributed by atoms with Gasteiger partial charge in [-0.15, -0.1) is 0 Å². The van der Waals surface area contributed by atoms with E-state index in [2.05, 4.69) is 11.9 Å². The molecule has 1 aromatic rings. The van der Waals surface area contributed by atoms with Gasteiger partial charge < -0.3 is 4.90 Å². The van der Waals surface area contributed by atoms with Gasteiger partial charge in [0.25, 0.3) is 6.43 Å². The van der Waals surface area contributed by atoms with Crippen molar-refractivity contribution in [3.63, 3.8) is 0 Å². The Balaban J connectivity index is 1.69. The molecule has 1 unspecified atom stereocenters. The molecule has 118 valence electrons. The number of nitrogens with zero attached hydrogens (tertiary/aromatic N) is 2. The second-order valence-corrected chi connectivity index (χ2v) is 7.25. The maximum atomic E-state index is 13.5. The number of hydrogen-bond donors (Lipinski definition) is 0. The van der Waals surface area contributed by atoms with Crippen LogP contribution in [-0.2, 0) is 4.79 Å². The third kappa shape index (κ3) is 1.60. The molecule has 0 aromatic carbocycles. The standard InChI is InChI=1S/C16H17ClF2N2O/c1-8-7-21(15(22)16(14(18)19)3-2-4-16)13-9-5-20-6-10(17)12(9)11(8)13/h5-6,8,11,13-14H,2-4,7H2,1H3/t8-,11?,13+/m0/s1. The normalized spacial score (nSPS) is 31.3. The minimum atomic E-state index is -2.58. The Hall–Kier alpha value is -1.23. The van der Waals surface area contributed by atoms with Gasteiger partial charge in [0.2, 0.25) is 5.91 Å². The summed E-state index contributed by atoms with van der Waals surface area (Å²) in [6.45, 7) is 2.58. The second-order valence-electron chi connectivity index (χ2n) is 6.84. The fraction of sp³-hybridized carbons (Fsp3) is 0.625. The van der Waals surface area contributed by atoms with Gasteiger partial charge in [0.15, 0.2) is 0 Å². The summed E-state index contributed by atoms with van der Waals surface area (Å²) in [5.41, 5.74) is 0.527. The van der Waals surface area contributed by atoms with Gasteiger partial charge in [0.05, 0.1) is 11.1 Å². The van der Waals surface area contributed by atoms with E-state index >= 15 is 0 Å². The predicted octanol–water partition coefficient (Wildman–Crippen LogP) is 3.79. The first-order chi connectivity index (χ1) is 10.5. The monoisotopic (exact) mass is 326 g/mol. The molecule has 22 heavy (non-hydrogen) atoms. The smallest absolute Gasteiger partial charge is 0.252 e. The first-order valence-corrected chi connectivity index (χ1v) is 8.07. The number of aromatic nitrogens is 1. The number of rotatable bonds is 2. The molecule has 4 rings (SSSR count). The predicted molar refractivity (Wildman–Crippen MR) is 77.9 cm³/mol. The van der Waals surface area contributed by atoms with Crippen molar-refractivity contribution >= 4 is 17.5 Å². The van der Waals surface area contributed by atoms with Gasteiger partial charge in [-0.05, 0) is 29.9 Å². The molecule has 6 heteroatoms. The molecule has 3 aliphatic rings. The van der Waals surface area contributed by atoms with E-state index in [9.17, 15) is 13.6 Å². The second kappa shape index (κ2) is 4.63. The minimum absolute atomic E-state index is 0.125. The largest absolute Gasteiger partial charge is 0.334 e. The summed E-state index contributed by atoms with van der Waals surface area (Å²) >= 11 is 6.22. The molecule has 3 nitrogen and oxygen atoms in total. The van der Waals surface area contributed by atoms with Crippen LogP contribution in [0.4, 0.5) is 8.78 Å². The highest BCUT2D eigenvalue weighted by molar-refractivity contribution is 6.31. The average Bonchev–Trinajstić information content (AvgIpc) is 2.65. The molecule has 1 aliphatic heterocycles. The molecule has 3 atom stereocenters. The number of carbonyl (C=O) groups is 1. The van der Waals surface area contributed by atoms with E-state index in [1.165, 1.54) is 0 Å². The van der Waals surface area contributed by atoms with Crippen LogP contribution in [-0.4, -0.2) is 28.8 Å². The third-order valence-electron chi connectivity index (χ3n) is 5.75. The zero-order chi connectivity index (χ0) is 15.6. The molecule has 0 spiro atoms. The lowest BCUT2D eigenvalue weighted by atomic mass is 9.67. The van der Waals surface area contributed by atoms with E-state index in [1.807, 2.05) is 0 Å². The highest BCUT2D eigenvalue weighted by atomic mass is 35.5. The number of halogens is 3. The van der Waals surface area contributed by atoms with Gasteiger partial charge in [0.1, 0.15) is 5.41 Å². The molecular formula is C16H17ClF2N2O. The van der Waals surface area contributed by atoms with E-state index in [0.29, 0.717) is 30.8 Å². The molecule has 2 fully saturated rings. The summed E-state index contributed by atoms with van der Waals surface area (Å²) < 4.78 is 26.9. The Bertz CT molecular complexity index is 647. The molecule has 2 heterocycles. The van der Waals surface area contributed by atoms with Crippen molar-refractivity contribution < 1.29 is 13.6 Å². The van der Waals surface area contributed by atoms with Gasteiger partial charge >= 0.3 is 0 Å². The van der Waals surface area contributed by atoms with Crippen LogP contribution in [0.2, 0.25) is 5.02 Å². The van der Waals surface area contributed by atoms with Gasteiger partial charge in [-0.25, -0.2) is 8.78 Å². The summed E-state index contributed by atoms with van der Waals surface area (Å²) in [5, 5.41) is 0.618. The number of pyridine rings is 1. The quantitative estimate of drug-likeness (QED) is 0.828. The number of alkyl halides is 2. The zero-order valence-corrected chi connectivity index (χ0v) is 13.0. The Morgan fingerprint density at radius 3 is 2.77 bits per heavy atom. The van der Waals surface area contributed by atoms with Crippen LogP contribution in [0.25, 0.3) is 0 Å². The maximum absolute atomic E-state index is 13.5. The molecule has 1 aromatic heterocycles. The van der Waals surface area contributed by atoms with Crippen molar-refractivity contribution in [2.24, 2.45) is 11.3 Å². The van der Waals surface area contributed by atoms with Crippen molar-refractivity contribution in [2.75, 3.05) is 6.54 Å². The number of likely N-dealkylation sites (tertiary alicyclic amines) is 1. The van der Waals surface area contributed by atoms with Crippen molar-refractivity contribution in [3.05, 3.63) is 28.5 Å². The van der Waals surface area contributed by atoms with Gasteiger partial charge in [-0.2, -0.15) is 0 Å². The van der Waals surface area contributed by atoms with E-state index in [-0.39, 0.29) is 23.8 Å². The van der Waals surface area contributed by atoms with Crippen LogP contribution in [0.15, 0.2) is 12.4 Å². The first kappa shape index (κ1) is 14.4. The Labute approximate surface area is 132 Å². The third-order valence-corrected chi connectivity index (χ3v) is 6.05. The summed E-state index contributed by atoms with van der Waals surface area (Å²) in [4.78, 5) is 18.6. The van der Waals surface area contributed by atoms with Gasteiger partial charge in [-0.1, -0.05) is 24.9 Å². The maximum Gasteiger partial charge on any atom is 0.252 e. The molecular weight excluding hydrogens is 310 g/mol. The highest BCUT2D eigenvalue weighted by Gasteiger charge is 2.59. The molecule has 1 saturated heterocycles. The SMILES string of the molecule is C[C@H]1CN(C(=O)C2(C(F)F)CCC2)[C@@H]2c3cncc(Cl)c3C21. The van der Waals surface area contributed by atoms with E-state index < -0.39 is 11.8 Å². The topological polar surface area (TPSA) is 33.2 Å². The Morgan fingerprint density at radius 2 is 2.18 bits per heavy atom. The summed E-state index contributed by atoms with van der Waals surface area (Å²) in [6, 6.07) is -0.125. The van der Waals surface area contributed by atoms with Crippen LogP contribution in [0.1, 0.15) is 49.3 Å². The van der Waals surface area contributed by atoms with Crippen LogP contribution >= 0.6 is 11.6 Å². The molecule has 0 radical (unpaired) electrons. The summed E-state index contributed by atoms with van der Waals surface area (Å²) in [5.74, 6) is 0.0131. The van der Waals surface area contributed by atoms with Crippen molar-refractivity contribution in [3.8, 4) is 0 Å². The fourth-order valence-electron chi connectivity index (χ4n) is 4.38. The lowest BCUT2D eigenvalue weighted by Crippen LogP contribution is -2.52. The number of fused-ring (bicyclic) bond motifs is 4. The summed E-state index contributed by atoms with van der Waals surface area (Å²) in [7, 11) is 0. The van der Waals surface area contributed by atoms with Crippen LogP contribution in [0.5, 0.6) is 0 Å². The van der Waals surface area contributed by atoms with Gasteiger partial charge in [0, 0.05) is 24.9 Å². The highest BCUT2D eigenvalue weighted by Crippen LogP contribution is 2.60. The van der Waals surface area contributed by atoms with Crippen LogP contribution < -0.4 is 0 Å². The number of hydrogen-bond acceptors (Lipinski definition) is 2. The molecule has 0 bridgehead atoms. The van der Waals surface area contributed by atoms with Crippen molar-refractivity contribution in [1.29, 1.82) is 0 Å².